The van der Waals surface area contributed by atoms with E-state index in [9.17, 15) is 0 Å². The molecule has 0 spiro atoms. The molecule has 2 N–H and O–H groups in total. The van der Waals surface area contributed by atoms with Crippen LogP contribution in [-0.2, 0) is 0 Å². The molecule has 0 aliphatic heterocycles. The summed E-state index contributed by atoms with van der Waals surface area (Å²) in [4.78, 5) is 0. The first-order valence-corrected chi connectivity index (χ1v) is 4.03. The van der Waals surface area contributed by atoms with Crippen LogP contribution >= 0.6 is 0 Å². The molecule has 1 unspecified atom stereocenters. The second kappa shape index (κ2) is 3.54. The number of hydrogen-bond acceptors (Lipinski definition) is 1. The van der Waals surface area contributed by atoms with Crippen LogP contribution in [0.25, 0.3) is 0 Å². The zero-order valence-corrected chi connectivity index (χ0v) is 7.17. The van der Waals surface area contributed by atoms with Gasteiger partial charge in [0.25, 0.3) is 0 Å². The molecule has 0 fully saturated rings. The van der Waals surface area contributed by atoms with E-state index in [1.165, 1.54) is 11.1 Å². The molecule has 0 saturated carbocycles. The molecule has 0 amide bonds. The van der Waals surface area contributed by atoms with Crippen LogP contribution in [0.5, 0.6) is 0 Å². The normalized spacial score (nSPS) is 31.7. The van der Waals surface area contributed by atoms with Gasteiger partial charge in [-0.25, -0.2) is 0 Å². The van der Waals surface area contributed by atoms with E-state index in [-0.39, 0.29) is 6.04 Å². The third-order valence-corrected chi connectivity index (χ3v) is 2.13. The van der Waals surface area contributed by atoms with Crippen molar-refractivity contribution in [2.45, 2.75) is 26.3 Å². The second-order valence-electron chi connectivity index (χ2n) is 2.74. The van der Waals surface area contributed by atoms with Crippen molar-refractivity contribution in [2.24, 2.45) is 5.73 Å². The molecule has 1 aliphatic rings. The molecular weight excluding hydrogens is 134 g/mol. The summed E-state index contributed by atoms with van der Waals surface area (Å²) in [5.74, 6) is 0. The van der Waals surface area contributed by atoms with Crippen LogP contribution in [0.1, 0.15) is 20.3 Å². The Hall–Kier alpha value is -0.820. The first kappa shape index (κ1) is 8.28. The molecule has 1 rings (SSSR count). The number of allylic oxidation sites excluding steroid dienone is 3. The van der Waals surface area contributed by atoms with Gasteiger partial charge in [-0.15, -0.1) is 0 Å². The average Bonchev–Trinajstić information content (AvgIpc) is 2.05. The van der Waals surface area contributed by atoms with Gasteiger partial charge in [0.1, 0.15) is 0 Å². The van der Waals surface area contributed by atoms with Gasteiger partial charge >= 0.3 is 0 Å². The lowest BCUT2D eigenvalue weighted by atomic mass is 9.91. The Balaban J connectivity index is 2.90. The van der Waals surface area contributed by atoms with E-state index in [0.717, 1.165) is 6.42 Å². The second-order valence-corrected chi connectivity index (χ2v) is 2.74. The molecule has 0 aromatic heterocycles. The maximum Gasteiger partial charge on any atom is 0.0510 e. The zero-order valence-electron chi connectivity index (χ0n) is 7.17. The molecule has 1 atom stereocenters. The third kappa shape index (κ3) is 1.60. The first-order chi connectivity index (χ1) is 5.29. The molecule has 1 nitrogen and oxygen atoms in total. The highest BCUT2D eigenvalue weighted by atomic mass is 14.6. The molecule has 1 aliphatic carbocycles. The Bertz CT molecular complexity index is 218. The van der Waals surface area contributed by atoms with Gasteiger partial charge in [-0.3, -0.25) is 0 Å². The lowest BCUT2D eigenvalue weighted by molar-refractivity contribution is 0.852. The summed E-state index contributed by atoms with van der Waals surface area (Å²) in [5, 5.41) is 0. The maximum absolute atomic E-state index is 5.96. The van der Waals surface area contributed by atoms with Gasteiger partial charge in [0.2, 0.25) is 0 Å². The van der Waals surface area contributed by atoms with Crippen LogP contribution in [0.3, 0.4) is 0 Å². The van der Waals surface area contributed by atoms with Crippen molar-refractivity contribution in [3.8, 4) is 0 Å². The number of hydrogen-bond donors (Lipinski definition) is 1. The van der Waals surface area contributed by atoms with Crippen LogP contribution in [0.15, 0.2) is 35.5 Å². The predicted molar refractivity (Wildman–Crippen MR) is 49.2 cm³/mol. The molecule has 1 heteroatoms. The smallest absolute Gasteiger partial charge is 0.0510 e. The van der Waals surface area contributed by atoms with Crippen LogP contribution in [0.4, 0.5) is 0 Å². The molecular formula is C10H15N. The van der Waals surface area contributed by atoms with Crippen LogP contribution in [0, 0.1) is 0 Å². The minimum atomic E-state index is 0.134. The van der Waals surface area contributed by atoms with E-state index in [1.807, 2.05) is 13.8 Å². The van der Waals surface area contributed by atoms with Crippen LogP contribution < -0.4 is 5.73 Å². The maximum atomic E-state index is 5.96. The van der Waals surface area contributed by atoms with Gasteiger partial charge < -0.3 is 5.73 Å². The Labute approximate surface area is 68.3 Å². The van der Waals surface area contributed by atoms with E-state index in [0.29, 0.717) is 0 Å². The predicted octanol–water partition coefficient (Wildman–Crippen LogP) is 2.17. The molecule has 0 radical (unpaired) electrons. The summed E-state index contributed by atoms with van der Waals surface area (Å²) >= 11 is 0. The molecule has 0 saturated heterocycles. The Morgan fingerprint density at radius 3 is 2.73 bits per heavy atom. The minimum absolute atomic E-state index is 0.134. The summed E-state index contributed by atoms with van der Waals surface area (Å²) in [7, 11) is 0. The van der Waals surface area contributed by atoms with E-state index in [2.05, 4.69) is 24.3 Å². The van der Waals surface area contributed by atoms with E-state index < -0.39 is 0 Å². The summed E-state index contributed by atoms with van der Waals surface area (Å²) in [5.41, 5.74) is 8.50. The Kier molecular flexibility index (Phi) is 2.66. The summed E-state index contributed by atoms with van der Waals surface area (Å²) < 4.78 is 0. The van der Waals surface area contributed by atoms with Crippen molar-refractivity contribution >= 4 is 0 Å². The monoisotopic (exact) mass is 149 g/mol. The zero-order chi connectivity index (χ0) is 8.27. The Morgan fingerprint density at radius 2 is 2.18 bits per heavy atom. The SMILES string of the molecule is CC=C1C=CCC(=CC)C1N. The van der Waals surface area contributed by atoms with Crippen molar-refractivity contribution in [1.29, 1.82) is 0 Å². The first-order valence-electron chi connectivity index (χ1n) is 4.03. The highest BCUT2D eigenvalue weighted by Crippen LogP contribution is 2.20. The number of nitrogens with two attached hydrogens (primary N) is 1. The van der Waals surface area contributed by atoms with Crippen molar-refractivity contribution < 1.29 is 0 Å². The minimum Gasteiger partial charge on any atom is -0.321 e. The molecule has 0 aromatic carbocycles. The van der Waals surface area contributed by atoms with Crippen molar-refractivity contribution in [3.05, 3.63) is 35.5 Å². The molecule has 0 aromatic rings. The lowest BCUT2D eigenvalue weighted by Gasteiger charge is -2.19. The van der Waals surface area contributed by atoms with Gasteiger partial charge in [0, 0.05) is 0 Å². The standard InChI is InChI=1S/C10H15N/c1-3-8-6-5-7-9(4-2)10(8)11/h3-6,10H,7,11H2,1-2H3. The topological polar surface area (TPSA) is 26.0 Å². The fourth-order valence-electron chi connectivity index (χ4n) is 1.35. The van der Waals surface area contributed by atoms with Crippen molar-refractivity contribution in [1.82, 2.24) is 0 Å². The largest absolute Gasteiger partial charge is 0.321 e. The molecule has 11 heavy (non-hydrogen) atoms. The Morgan fingerprint density at radius 1 is 1.45 bits per heavy atom. The quantitative estimate of drug-likeness (QED) is 0.525. The van der Waals surface area contributed by atoms with Crippen molar-refractivity contribution in [3.63, 3.8) is 0 Å². The van der Waals surface area contributed by atoms with E-state index in [1.54, 1.807) is 0 Å². The molecule has 0 heterocycles. The fraction of sp³-hybridized carbons (Fsp3) is 0.400. The third-order valence-electron chi connectivity index (χ3n) is 2.13. The van der Waals surface area contributed by atoms with Crippen LogP contribution in [0.2, 0.25) is 0 Å². The van der Waals surface area contributed by atoms with Crippen LogP contribution in [-0.4, -0.2) is 6.04 Å². The summed E-state index contributed by atoms with van der Waals surface area (Å²) in [6.07, 6.45) is 9.46. The van der Waals surface area contributed by atoms with Gasteiger partial charge in [-0.1, -0.05) is 24.3 Å². The van der Waals surface area contributed by atoms with E-state index >= 15 is 0 Å². The van der Waals surface area contributed by atoms with Gasteiger partial charge in [-0.2, -0.15) is 0 Å². The number of rotatable bonds is 0. The molecule has 0 bridgehead atoms. The van der Waals surface area contributed by atoms with Crippen molar-refractivity contribution in [2.75, 3.05) is 0 Å². The van der Waals surface area contributed by atoms with Gasteiger partial charge in [-0.05, 0) is 31.4 Å². The lowest BCUT2D eigenvalue weighted by Crippen LogP contribution is -2.26. The summed E-state index contributed by atoms with van der Waals surface area (Å²) in [6.45, 7) is 4.07. The summed E-state index contributed by atoms with van der Waals surface area (Å²) in [6, 6.07) is 0.134. The van der Waals surface area contributed by atoms with E-state index in [4.69, 9.17) is 5.73 Å². The highest BCUT2D eigenvalue weighted by molar-refractivity contribution is 5.38. The molecule has 60 valence electrons. The fourth-order valence-corrected chi connectivity index (χ4v) is 1.35. The highest BCUT2D eigenvalue weighted by Gasteiger charge is 2.13. The average molecular weight is 149 g/mol. The van der Waals surface area contributed by atoms with Gasteiger partial charge in [0.15, 0.2) is 0 Å². The van der Waals surface area contributed by atoms with Gasteiger partial charge in [0.05, 0.1) is 6.04 Å².